The summed E-state index contributed by atoms with van der Waals surface area (Å²) in [6.45, 7) is 1.83. The summed E-state index contributed by atoms with van der Waals surface area (Å²) in [5.74, 6) is -4.75. The minimum Gasteiger partial charge on any atom is -0.322 e. The standard InChI is InChI=1S/C22H16F7NO/c1-2-18(25)20(19(26)9-10-23)21(31)30-16-6-3-13(4-7-16)11-14-12-15(24)5-8-17(14)22(27,28)29/h2-9,12H,1,10-11H2,(H,30,31)/b19-9+,20-18-. The van der Waals surface area contributed by atoms with Gasteiger partial charge in [-0.15, -0.1) is 0 Å². The van der Waals surface area contributed by atoms with Crippen molar-refractivity contribution < 1.29 is 35.5 Å². The van der Waals surface area contributed by atoms with Crippen LogP contribution in [-0.4, -0.2) is 12.6 Å². The largest absolute Gasteiger partial charge is 0.416 e. The molecule has 0 aliphatic carbocycles. The third-order valence-electron chi connectivity index (χ3n) is 4.12. The fraction of sp³-hybridized carbons (Fsp3) is 0.136. The SMILES string of the molecule is C=C/C(F)=C(C(=O)Nc1ccc(Cc2cc(F)ccc2C(F)(F)F)cc1)\C(F)=C/CF. The molecule has 1 N–H and O–H groups in total. The molecule has 164 valence electrons. The number of halogens is 7. The molecular weight excluding hydrogens is 427 g/mol. The Morgan fingerprint density at radius 3 is 2.26 bits per heavy atom. The molecule has 0 radical (unpaired) electrons. The average molecular weight is 443 g/mol. The lowest BCUT2D eigenvalue weighted by atomic mass is 9.99. The van der Waals surface area contributed by atoms with Gasteiger partial charge < -0.3 is 5.32 Å². The highest BCUT2D eigenvalue weighted by atomic mass is 19.4. The van der Waals surface area contributed by atoms with E-state index in [0.29, 0.717) is 23.8 Å². The van der Waals surface area contributed by atoms with Crippen molar-refractivity contribution in [3.63, 3.8) is 0 Å². The highest BCUT2D eigenvalue weighted by Gasteiger charge is 2.33. The first-order chi connectivity index (χ1) is 14.6. The zero-order valence-corrected chi connectivity index (χ0v) is 15.9. The third kappa shape index (κ3) is 6.31. The number of amides is 1. The van der Waals surface area contributed by atoms with Gasteiger partial charge >= 0.3 is 6.18 Å². The zero-order chi connectivity index (χ0) is 23.2. The van der Waals surface area contributed by atoms with Crippen LogP contribution in [-0.2, 0) is 17.4 Å². The number of alkyl halides is 4. The molecule has 2 aromatic carbocycles. The zero-order valence-electron chi connectivity index (χ0n) is 15.9. The van der Waals surface area contributed by atoms with Crippen molar-refractivity contribution in [2.75, 3.05) is 12.0 Å². The Bertz CT molecular complexity index is 1020. The summed E-state index contributed by atoms with van der Waals surface area (Å²) in [6, 6.07) is 7.46. The van der Waals surface area contributed by atoms with Crippen molar-refractivity contribution in [1.82, 2.24) is 0 Å². The molecule has 0 spiro atoms. The number of rotatable bonds is 7. The van der Waals surface area contributed by atoms with Gasteiger partial charge in [0.15, 0.2) is 0 Å². The Labute approximate surface area is 173 Å². The third-order valence-corrected chi connectivity index (χ3v) is 4.12. The molecule has 0 aliphatic rings. The first-order valence-corrected chi connectivity index (χ1v) is 8.77. The van der Waals surface area contributed by atoms with Gasteiger partial charge in [0.1, 0.15) is 29.7 Å². The van der Waals surface area contributed by atoms with Crippen LogP contribution in [0.2, 0.25) is 0 Å². The van der Waals surface area contributed by atoms with E-state index in [9.17, 15) is 35.5 Å². The van der Waals surface area contributed by atoms with Gasteiger partial charge in [-0.25, -0.2) is 17.6 Å². The van der Waals surface area contributed by atoms with Crippen LogP contribution in [0.15, 0.2) is 78.4 Å². The van der Waals surface area contributed by atoms with Crippen molar-refractivity contribution in [3.05, 3.63) is 101 Å². The number of nitrogens with one attached hydrogen (secondary N) is 1. The Balaban J connectivity index is 2.23. The average Bonchev–Trinajstić information content (AvgIpc) is 2.68. The molecule has 0 bridgehead atoms. The van der Waals surface area contributed by atoms with Gasteiger partial charge in [0.25, 0.3) is 5.91 Å². The summed E-state index contributed by atoms with van der Waals surface area (Å²) in [4.78, 5) is 12.2. The second-order valence-corrected chi connectivity index (χ2v) is 6.26. The number of benzene rings is 2. The highest BCUT2D eigenvalue weighted by Crippen LogP contribution is 2.33. The Kier molecular flexibility index (Phi) is 7.79. The predicted octanol–water partition coefficient (Wildman–Crippen LogP) is 6.61. The van der Waals surface area contributed by atoms with Crippen molar-refractivity contribution >= 4 is 11.6 Å². The summed E-state index contributed by atoms with van der Waals surface area (Å²) in [6.07, 6.45) is -3.95. The molecule has 2 nitrogen and oxygen atoms in total. The van der Waals surface area contributed by atoms with E-state index >= 15 is 0 Å². The Morgan fingerprint density at radius 1 is 1.06 bits per heavy atom. The van der Waals surface area contributed by atoms with E-state index in [0.717, 1.165) is 12.1 Å². The quantitative estimate of drug-likeness (QED) is 0.291. The minimum absolute atomic E-state index is 0.0754. The number of anilines is 1. The molecule has 0 saturated heterocycles. The van der Waals surface area contributed by atoms with Gasteiger partial charge in [-0.2, -0.15) is 13.2 Å². The van der Waals surface area contributed by atoms with Gasteiger partial charge in [0.05, 0.1) is 5.56 Å². The number of allylic oxidation sites excluding steroid dienone is 3. The van der Waals surface area contributed by atoms with E-state index in [1.54, 1.807) is 0 Å². The summed E-state index contributed by atoms with van der Waals surface area (Å²) in [5, 5.41) is 2.20. The van der Waals surface area contributed by atoms with Crippen LogP contribution >= 0.6 is 0 Å². The van der Waals surface area contributed by atoms with Crippen LogP contribution in [0.4, 0.5) is 36.4 Å². The molecular formula is C22H16F7NO. The maximum atomic E-state index is 13.8. The lowest BCUT2D eigenvalue weighted by Crippen LogP contribution is -2.16. The number of hydrogen-bond donors (Lipinski definition) is 1. The molecule has 0 fully saturated rings. The molecule has 0 unspecified atom stereocenters. The molecule has 31 heavy (non-hydrogen) atoms. The predicted molar refractivity (Wildman–Crippen MR) is 103 cm³/mol. The molecule has 0 saturated carbocycles. The molecule has 1 amide bonds. The first kappa shape index (κ1) is 23.9. The van der Waals surface area contributed by atoms with Crippen molar-refractivity contribution in [2.45, 2.75) is 12.6 Å². The van der Waals surface area contributed by atoms with Crippen molar-refractivity contribution in [3.8, 4) is 0 Å². The molecule has 0 heterocycles. The Hall–Kier alpha value is -3.36. The second-order valence-electron chi connectivity index (χ2n) is 6.26. The fourth-order valence-electron chi connectivity index (χ4n) is 2.71. The lowest BCUT2D eigenvalue weighted by molar-refractivity contribution is -0.138. The normalized spacial score (nSPS) is 12.9. The van der Waals surface area contributed by atoms with Gasteiger partial charge in [-0.05, 0) is 60.0 Å². The Morgan fingerprint density at radius 2 is 1.71 bits per heavy atom. The van der Waals surface area contributed by atoms with Crippen LogP contribution in [0.25, 0.3) is 0 Å². The van der Waals surface area contributed by atoms with E-state index in [-0.39, 0.29) is 17.7 Å². The summed E-state index contributed by atoms with van der Waals surface area (Å²) < 4.78 is 92.6. The number of carbonyl (C=O) groups is 1. The van der Waals surface area contributed by atoms with E-state index in [2.05, 4.69) is 11.9 Å². The second kappa shape index (κ2) is 10.1. The lowest BCUT2D eigenvalue weighted by Gasteiger charge is -2.13. The van der Waals surface area contributed by atoms with E-state index in [1.807, 2.05) is 0 Å². The molecule has 0 atom stereocenters. The van der Waals surface area contributed by atoms with Crippen LogP contribution in [0.3, 0.4) is 0 Å². The molecule has 0 aliphatic heterocycles. The van der Waals surface area contributed by atoms with Crippen LogP contribution in [0.1, 0.15) is 16.7 Å². The monoisotopic (exact) mass is 443 g/mol. The summed E-state index contributed by atoms with van der Waals surface area (Å²) >= 11 is 0. The maximum absolute atomic E-state index is 13.8. The smallest absolute Gasteiger partial charge is 0.322 e. The summed E-state index contributed by atoms with van der Waals surface area (Å²) in [7, 11) is 0. The van der Waals surface area contributed by atoms with E-state index in [1.165, 1.54) is 24.3 Å². The van der Waals surface area contributed by atoms with Gasteiger partial charge in [0.2, 0.25) is 0 Å². The topological polar surface area (TPSA) is 29.1 Å². The first-order valence-electron chi connectivity index (χ1n) is 8.77. The fourth-order valence-corrected chi connectivity index (χ4v) is 2.71. The maximum Gasteiger partial charge on any atom is 0.416 e. The highest BCUT2D eigenvalue weighted by molar-refractivity contribution is 6.07. The van der Waals surface area contributed by atoms with Crippen molar-refractivity contribution in [1.29, 1.82) is 0 Å². The van der Waals surface area contributed by atoms with Gasteiger partial charge in [0, 0.05) is 5.69 Å². The van der Waals surface area contributed by atoms with Crippen LogP contribution in [0.5, 0.6) is 0 Å². The summed E-state index contributed by atoms with van der Waals surface area (Å²) in [5.41, 5.74) is -1.86. The van der Waals surface area contributed by atoms with E-state index < -0.39 is 47.4 Å². The number of carbonyl (C=O) groups excluding carboxylic acids is 1. The van der Waals surface area contributed by atoms with Gasteiger partial charge in [-0.3, -0.25) is 4.79 Å². The molecule has 2 rings (SSSR count). The number of hydrogen-bond acceptors (Lipinski definition) is 1. The molecule has 9 heteroatoms. The minimum atomic E-state index is -4.66. The molecule has 2 aromatic rings. The van der Waals surface area contributed by atoms with Gasteiger partial charge in [-0.1, -0.05) is 18.7 Å². The van der Waals surface area contributed by atoms with Crippen LogP contribution in [0, 0.1) is 5.82 Å². The molecule has 0 aromatic heterocycles. The van der Waals surface area contributed by atoms with E-state index in [4.69, 9.17) is 0 Å². The van der Waals surface area contributed by atoms with Crippen LogP contribution < -0.4 is 5.32 Å². The van der Waals surface area contributed by atoms with Crippen molar-refractivity contribution in [2.24, 2.45) is 0 Å².